The molecule has 2 heterocycles. The van der Waals surface area contributed by atoms with E-state index in [0.717, 1.165) is 12.8 Å². The minimum absolute atomic E-state index is 0.0407. The molecule has 2 aromatic rings. The van der Waals surface area contributed by atoms with Gasteiger partial charge in [-0.1, -0.05) is 72.8 Å². The third-order valence-electron chi connectivity index (χ3n) is 11.0. The number of allylic oxidation sites excluding steroid dienone is 2. The molecule has 4 unspecified atom stereocenters. The molecular weight excluding hydrogens is 807 g/mol. The van der Waals surface area contributed by atoms with E-state index in [4.69, 9.17) is 45.5 Å². The summed E-state index contributed by atoms with van der Waals surface area (Å²) in [5.74, 6) is -7.22. The van der Waals surface area contributed by atoms with Crippen molar-refractivity contribution in [3.63, 3.8) is 0 Å². The summed E-state index contributed by atoms with van der Waals surface area (Å²) >= 11 is 15.4. The van der Waals surface area contributed by atoms with Gasteiger partial charge in [-0.15, -0.1) is 36.4 Å². The third kappa shape index (κ3) is 11.6. The van der Waals surface area contributed by atoms with Gasteiger partial charge in [0.05, 0.1) is 24.2 Å². The van der Waals surface area contributed by atoms with Crippen molar-refractivity contribution in [3.8, 4) is 0 Å². The first-order valence-electron chi connectivity index (χ1n) is 20.3. The van der Waals surface area contributed by atoms with Gasteiger partial charge in [0, 0.05) is 24.9 Å². The highest BCUT2D eigenvalue weighted by molar-refractivity contribution is 6.59. The molecule has 60 heavy (non-hydrogen) atoms. The zero-order valence-corrected chi connectivity index (χ0v) is 35.3. The fourth-order valence-electron chi connectivity index (χ4n) is 7.92. The van der Waals surface area contributed by atoms with Crippen LogP contribution in [0.5, 0.6) is 0 Å². The molecule has 0 bridgehead atoms. The van der Waals surface area contributed by atoms with Gasteiger partial charge in [-0.3, -0.25) is 34.8 Å². The Morgan fingerprint density at radius 1 is 0.700 bits per heavy atom. The fourth-order valence-corrected chi connectivity index (χ4v) is 8.96. The molecule has 0 aromatic heterocycles. The Morgan fingerprint density at radius 3 is 1.37 bits per heavy atom. The highest BCUT2D eigenvalue weighted by Gasteiger charge is 2.64. The molecule has 4 rings (SSSR count). The van der Waals surface area contributed by atoms with E-state index in [-0.39, 0.29) is 50.7 Å². The number of rotatable bonds is 24. The van der Waals surface area contributed by atoms with E-state index < -0.39 is 74.9 Å². The average molecular weight is 866 g/mol. The van der Waals surface area contributed by atoms with Crippen molar-refractivity contribution in [2.24, 2.45) is 11.5 Å². The van der Waals surface area contributed by atoms with Crippen LogP contribution in [0.15, 0.2) is 86.0 Å². The lowest BCUT2D eigenvalue weighted by atomic mass is 9.67. The fraction of sp³-hybridized carbons (Fsp3) is 0.465. The molecule has 2 amide bonds. The van der Waals surface area contributed by atoms with E-state index in [2.05, 4.69) is 45.1 Å². The number of benzene rings is 2. The van der Waals surface area contributed by atoms with Crippen LogP contribution in [-0.4, -0.2) is 101 Å². The Kier molecular flexibility index (Phi) is 17.8. The van der Waals surface area contributed by atoms with Crippen LogP contribution in [0, 0.1) is 10.8 Å². The van der Waals surface area contributed by atoms with Gasteiger partial charge in [-0.05, 0) is 75.6 Å². The Hall–Kier alpha value is -5.09. The summed E-state index contributed by atoms with van der Waals surface area (Å²) in [6, 6.07) is 12.9. The summed E-state index contributed by atoms with van der Waals surface area (Å²) in [6.07, 6.45) is 5.55. The summed E-state index contributed by atoms with van der Waals surface area (Å²) in [7, 11) is 0. The molecule has 2 fully saturated rings. The number of Topliss-reactive ketones (excluding diaryl/α,β-unsaturated/α-hetero) is 3. The number of nitrogens with two attached hydrogens (primary N) is 2. The van der Waals surface area contributed by atoms with E-state index in [1.807, 2.05) is 0 Å². The Morgan fingerprint density at radius 2 is 1.07 bits per heavy atom. The van der Waals surface area contributed by atoms with Crippen LogP contribution in [-0.2, 0) is 24.0 Å². The van der Waals surface area contributed by atoms with Crippen molar-refractivity contribution >= 4 is 64.3 Å². The second-order valence-electron chi connectivity index (χ2n) is 15.1. The number of carbonyl (C=O) groups excluding carboxylic acids is 5. The maximum Gasteiger partial charge on any atom is 0.237 e. The number of ketones is 3. The summed E-state index contributed by atoms with van der Waals surface area (Å²) in [4.78, 5) is 69.2. The first kappa shape index (κ1) is 47.6. The summed E-state index contributed by atoms with van der Waals surface area (Å²) < 4.78 is 0. The average Bonchev–Trinajstić information content (AvgIpc) is 4.00. The van der Waals surface area contributed by atoms with Crippen molar-refractivity contribution in [2.75, 3.05) is 26.2 Å². The number of hydrogen-bond donors (Lipinski definition) is 10. The Bertz CT molecular complexity index is 1730. The van der Waals surface area contributed by atoms with E-state index in [0.29, 0.717) is 37.1 Å². The quantitative estimate of drug-likeness (QED) is 0.0183. The number of nitrogens with one attached hydrogen (secondary N) is 8. The number of amides is 2. The molecule has 12 N–H and O–H groups in total. The minimum atomic E-state index is -2.70. The van der Waals surface area contributed by atoms with Gasteiger partial charge in [-0.2, -0.15) is 0 Å². The van der Waals surface area contributed by atoms with Gasteiger partial charge in [0.25, 0.3) is 0 Å². The monoisotopic (exact) mass is 864 g/mol. The van der Waals surface area contributed by atoms with E-state index in [1.54, 1.807) is 60.7 Å². The minimum Gasteiger partial charge on any atom is -0.370 e. The van der Waals surface area contributed by atoms with Crippen LogP contribution >= 0.6 is 23.2 Å². The predicted molar refractivity (Wildman–Crippen MR) is 235 cm³/mol. The number of carbonyl (C=O) groups is 5. The summed E-state index contributed by atoms with van der Waals surface area (Å²) in [5, 5.41) is 32.5. The van der Waals surface area contributed by atoms with Crippen molar-refractivity contribution in [2.45, 2.75) is 97.1 Å². The van der Waals surface area contributed by atoms with Gasteiger partial charge in [-0.25, -0.2) is 0 Å². The molecule has 0 saturated carbocycles. The van der Waals surface area contributed by atoms with Crippen molar-refractivity contribution in [1.29, 1.82) is 10.8 Å². The number of halogens is 2. The van der Waals surface area contributed by atoms with Gasteiger partial charge in [0.2, 0.25) is 11.8 Å². The second kappa shape index (κ2) is 22.5. The molecule has 17 heteroatoms. The maximum absolute atomic E-state index is 16.1. The molecule has 8 atom stereocenters. The van der Waals surface area contributed by atoms with Crippen LogP contribution in [0.4, 0.5) is 0 Å². The van der Waals surface area contributed by atoms with E-state index in [1.165, 1.54) is 12.2 Å². The zero-order valence-electron chi connectivity index (χ0n) is 33.7. The van der Waals surface area contributed by atoms with E-state index >= 15 is 14.4 Å². The Labute approximate surface area is 361 Å². The molecule has 2 saturated heterocycles. The zero-order chi connectivity index (χ0) is 43.9. The third-order valence-corrected chi connectivity index (χ3v) is 12.2. The van der Waals surface area contributed by atoms with Gasteiger partial charge in [0.1, 0.15) is 0 Å². The first-order valence-corrected chi connectivity index (χ1v) is 21.0. The number of alkyl halides is 2. The van der Waals surface area contributed by atoms with Crippen LogP contribution in [0.3, 0.4) is 0 Å². The van der Waals surface area contributed by atoms with Crippen LogP contribution in [0.2, 0.25) is 0 Å². The van der Waals surface area contributed by atoms with Gasteiger partial charge in [0.15, 0.2) is 39.0 Å². The largest absolute Gasteiger partial charge is 0.370 e. The molecule has 324 valence electrons. The van der Waals surface area contributed by atoms with Crippen LogP contribution in [0.25, 0.3) is 0 Å². The number of guanidine groups is 2. The van der Waals surface area contributed by atoms with Gasteiger partial charge < -0.3 is 43.4 Å². The maximum atomic E-state index is 16.1. The second-order valence-corrected chi connectivity index (χ2v) is 16.3. The smallest absolute Gasteiger partial charge is 0.237 e. The molecule has 2 aliphatic heterocycles. The lowest BCUT2D eigenvalue weighted by molar-refractivity contribution is -0.140. The first-order chi connectivity index (χ1) is 28.7. The highest BCUT2D eigenvalue weighted by Crippen LogP contribution is 2.48. The molecule has 2 aromatic carbocycles. The lowest BCUT2D eigenvalue weighted by Gasteiger charge is -2.42. The van der Waals surface area contributed by atoms with Crippen molar-refractivity contribution < 1.29 is 24.0 Å². The highest BCUT2D eigenvalue weighted by atomic mass is 35.5. The topological polar surface area (TPSA) is 257 Å². The predicted octanol–water partition coefficient (Wildman–Crippen LogP) is 2.59. The molecule has 0 radical (unpaired) electrons. The van der Waals surface area contributed by atoms with Crippen LogP contribution in [0.1, 0.15) is 74.3 Å². The molecule has 0 aliphatic carbocycles. The van der Waals surface area contributed by atoms with E-state index in [9.17, 15) is 9.59 Å². The van der Waals surface area contributed by atoms with Crippen molar-refractivity contribution in [1.82, 2.24) is 31.9 Å². The summed E-state index contributed by atoms with van der Waals surface area (Å²) in [6.45, 7) is 9.51. The molecule has 2 aliphatic rings. The molecule has 15 nitrogen and oxygen atoms in total. The van der Waals surface area contributed by atoms with Crippen molar-refractivity contribution in [3.05, 3.63) is 97.1 Å². The van der Waals surface area contributed by atoms with Gasteiger partial charge >= 0.3 is 0 Å². The number of hydrogen-bond acceptors (Lipinski definition) is 9. The van der Waals surface area contributed by atoms with Crippen LogP contribution < -0.4 is 43.4 Å². The SMILES string of the molecule is C=CC(c1ccccc1)C(Cl)(C(=O)[C@H](CCCNC(=N)N)NC(=O)[C@@H]1CCCN1)C(=O)C(Cl)(C(=O)[C@H](CCCNC(=N)N)NC(=O)[C@@H]1CCCN1)C(C=C)c1ccccc1. The standard InChI is InChI=1S/C43H58Cl2N10O5/c1-3-29(27-15-7-5-8-16-27)42(44,35(56)31(19-11-25-52-40(46)47)54-37(58)33-21-13-23-50-33)39(60)43(45,30(4-2)28-17-9-6-10-18-28)36(57)32(20-12-26-53-41(48)49)55-38(59)34-22-14-24-51-34/h3-10,15-18,29-34,50-51H,1-2,11-14,19-26H2,(H,54,58)(H,55,59)(H4,46,47,52)(H4,48,49,53)/t29?,30?,31-,32-,33-,34-,42?,43?/m0/s1. The summed E-state index contributed by atoms with van der Waals surface area (Å²) in [5.41, 5.74) is 11.8. The molecular formula is C43H58Cl2N10O5. The molecule has 0 spiro atoms. The normalized spacial score (nSPS) is 20.1. The lowest BCUT2D eigenvalue weighted by Crippen LogP contribution is -2.66. The Balaban J connectivity index is 1.94.